The van der Waals surface area contributed by atoms with Crippen LogP contribution in [0.3, 0.4) is 0 Å². The number of hydrogen-bond donors (Lipinski definition) is 0. The molecule has 1 aliphatic rings. The first-order valence-electron chi connectivity index (χ1n) is 6.73. The van der Waals surface area contributed by atoms with Crippen LogP contribution in [0.5, 0.6) is 0 Å². The molecule has 0 aromatic rings. The Morgan fingerprint density at radius 3 is 1.44 bits per heavy atom. The third kappa shape index (κ3) is 1.91. The molecule has 104 valence electrons. The molecule has 1 heterocycles. The van der Waals surface area contributed by atoms with Gasteiger partial charge in [0.05, 0.1) is 0 Å². The van der Waals surface area contributed by atoms with Gasteiger partial charge in [0.1, 0.15) is 0 Å². The van der Waals surface area contributed by atoms with Gasteiger partial charge in [0, 0.05) is 11.8 Å². The maximum absolute atomic E-state index is 12.3. The van der Waals surface area contributed by atoms with Crippen molar-refractivity contribution in [1.82, 2.24) is 0 Å². The van der Waals surface area contributed by atoms with E-state index < -0.39 is 23.1 Å². The number of esters is 2. The molecule has 4 nitrogen and oxygen atoms in total. The Morgan fingerprint density at radius 2 is 1.22 bits per heavy atom. The monoisotopic (exact) mass is 256 g/mol. The summed E-state index contributed by atoms with van der Waals surface area (Å²) in [5, 5.41) is 0. The third-order valence-electron chi connectivity index (χ3n) is 4.10. The summed E-state index contributed by atoms with van der Waals surface area (Å²) < 4.78 is 11.2. The molecule has 1 aliphatic heterocycles. The van der Waals surface area contributed by atoms with Crippen LogP contribution < -0.4 is 0 Å². The van der Waals surface area contributed by atoms with E-state index in [0.29, 0.717) is 12.8 Å². The zero-order valence-electron chi connectivity index (χ0n) is 12.2. The van der Waals surface area contributed by atoms with Crippen molar-refractivity contribution >= 4 is 11.9 Å². The van der Waals surface area contributed by atoms with Crippen LogP contribution in [0.25, 0.3) is 0 Å². The second-order valence-electron chi connectivity index (χ2n) is 5.60. The average molecular weight is 256 g/mol. The van der Waals surface area contributed by atoms with Gasteiger partial charge in [-0.1, -0.05) is 41.5 Å². The van der Waals surface area contributed by atoms with Gasteiger partial charge >= 0.3 is 11.9 Å². The number of rotatable bonds is 4. The van der Waals surface area contributed by atoms with Gasteiger partial charge in [-0.15, -0.1) is 0 Å². The molecule has 0 aromatic heterocycles. The van der Waals surface area contributed by atoms with Gasteiger partial charge in [-0.05, 0) is 12.8 Å². The molecular formula is C14H24O4. The minimum Gasteiger partial charge on any atom is -0.421 e. The first kappa shape index (κ1) is 15.0. The van der Waals surface area contributed by atoms with Crippen LogP contribution in [0, 0.1) is 17.3 Å². The molecule has 0 bridgehead atoms. The predicted octanol–water partition coefficient (Wildman–Crippen LogP) is 2.90. The van der Waals surface area contributed by atoms with Gasteiger partial charge < -0.3 is 9.47 Å². The first-order valence-corrected chi connectivity index (χ1v) is 6.73. The van der Waals surface area contributed by atoms with E-state index in [9.17, 15) is 9.59 Å². The SMILES string of the molecule is CCC1(CC)C(=O)OC(C(C)C)(C(C)C)OC1=O. The summed E-state index contributed by atoms with van der Waals surface area (Å²) in [5.41, 5.74) is -1.12. The highest BCUT2D eigenvalue weighted by atomic mass is 16.7. The molecule has 0 amide bonds. The number of cyclic esters (lactones) is 2. The van der Waals surface area contributed by atoms with Crippen molar-refractivity contribution in [2.75, 3.05) is 0 Å². The van der Waals surface area contributed by atoms with E-state index in [1.165, 1.54) is 0 Å². The molecule has 1 saturated heterocycles. The zero-order valence-corrected chi connectivity index (χ0v) is 12.2. The Labute approximate surface area is 109 Å². The maximum Gasteiger partial charge on any atom is 0.326 e. The topological polar surface area (TPSA) is 52.6 Å². The summed E-state index contributed by atoms with van der Waals surface area (Å²) >= 11 is 0. The fourth-order valence-electron chi connectivity index (χ4n) is 2.55. The predicted molar refractivity (Wildman–Crippen MR) is 67.6 cm³/mol. The molecule has 1 rings (SSSR count). The van der Waals surface area contributed by atoms with E-state index in [1.54, 1.807) is 0 Å². The highest BCUT2D eigenvalue weighted by molar-refractivity contribution is 6.01. The Balaban J connectivity index is 3.18. The summed E-state index contributed by atoms with van der Waals surface area (Å²) in [6, 6.07) is 0. The molecule has 0 spiro atoms. The minimum absolute atomic E-state index is 0.0721. The Morgan fingerprint density at radius 1 is 0.889 bits per heavy atom. The van der Waals surface area contributed by atoms with Crippen LogP contribution in [0.2, 0.25) is 0 Å². The molecule has 0 radical (unpaired) electrons. The van der Waals surface area contributed by atoms with Gasteiger partial charge in [0.2, 0.25) is 0 Å². The average Bonchev–Trinajstić information content (AvgIpc) is 2.29. The van der Waals surface area contributed by atoms with Crippen molar-refractivity contribution in [2.45, 2.75) is 60.2 Å². The van der Waals surface area contributed by atoms with Crippen LogP contribution in [0.1, 0.15) is 54.4 Å². The molecule has 0 unspecified atom stereocenters. The van der Waals surface area contributed by atoms with Crippen LogP contribution in [-0.2, 0) is 19.1 Å². The van der Waals surface area contributed by atoms with Gasteiger partial charge in [-0.2, -0.15) is 0 Å². The summed E-state index contributed by atoms with van der Waals surface area (Å²) in [6.07, 6.45) is 0.820. The normalized spacial score (nSPS) is 22.0. The first-order chi connectivity index (χ1) is 8.26. The lowest BCUT2D eigenvalue weighted by atomic mass is 9.79. The maximum atomic E-state index is 12.3. The molecule has 0 saturated carbocycles. The minimum atomic E-state index is -1.12. The lowest BCUT2D eigenvalue weighted by Crippen LogP contribution is -2.60. The van der Waals surface area contributed by atoms with Crippen molar-refractivity contribution in [3.8, 4) is 0 Å². The third-order valence-corrected chi connectivity index (χ3v) is 4.10. The zero-order chi connectivity index (χ0) is 14.1. The Bertz CT molecular complexity index is 310. The van der Waals surface area contributed by atoms with E-state index in [0.717, 1.165) is 0 Å². The summed E-state index contributed by atoms with van der Waals surface area (Å²) in [5.74, 6) is -2.14. The van der Waals surface area contributed by atoms with E-state index in [4.69, 9.17) is 9.47 Å². The second kappa shape index (κ2) is 4.90. The van der Waals surface area contributed by atoms with E-state index in [-0.39, 0.29) is 11.8 Å². The van der Waals surface area contributed by atoms with Gasteiger partial charge in [0.15, 0.2) is 5.41 Å². The van der Waals surface area contributed by atoms with Gasteiger partial charge in [0.25, 0.3) is 5.79 Å². The molecule has 0 atom stereocenters. The number of carbonyl (C=O) groups excluding carboxylic acids is 2. The fourth-order valence-corrected chi connectivity index (χ4v) is 2.55. The van der Waals surface area contributed by atoms with Gasteiger partial charge in [-0.3, -0.25) is 9.59 Å². The standard InChI is InChI=1S/C14H24O4/c1-7-13(8-2)11(15)17-14(9(3)4,10(5)6)18-12(13)16/h9-10H,7-8H2,1-6H3. The molecular weight excluding hydrogens is 232 g/mol. The number of carbonyl (C=O) groups is 2. The van der Waals surface area contributed by atoms with Crippen molar-refractivity contribution in [1.29, 1.82) is 0 Å². The lowest BCUT2D eigenvalue weighted by molar-refractivity contribution is -0.291. The van der Waals surface area contributed by atoms with Crippen LogP contribution >= 0.6 is 0 Å². The number of hydrogen-bond acceptors (Lipinski definition) is 4. The van der Waals surface area contributed by atoms with E-state index >= 15 is 0 Å². The van der Waals surface area contributed by atoms with Crippen LogP contribution in [0.4, 0.5) is 0 Å². The fraction of sp³-hybridized carbons (Fsp3) is 0.857. The van der Waals surface area contributed by atoms with E-state index in [1.807, 2.05) is 41.5 Å². The largest absolute Gasteiger partial charge is 0.421 e. The number of ether oxygens (including phenoxy) is 2. The van der Waals surface area contributed by atoms with Crippen LogP contribution in [-0.4, -0.2) is 17.7 Å². The molecule has 0 aliphatic carbocycles. The van der Waals surface area contributed by atoms with Crippen molar-refractivity contribution in [3.05, 3.63) is 0 Å². The molecule has 0 N–H and O–H groups in total. The quantitative estimate of drug-likeness (QED) is 0.573. The van der Waals surface area contributed by atoms with Crippen molar-refractivity contribution in [3.63, 3.8) is 0 Å². The molecule has 18 heavy (non-hydrogen) atoms. The molecule has 4 heteroatoms. The summed E-state index contributed by atoms with van der Waals surface area (Å²) in [4.78, 5) is 24.6. The summed E-state index contributed by atoms with van der Waals surface area (Å²) in [6.45, 7) is 11.2. The van der Waals surface area contributed by atoms with E-state index in [2.05, 4.69) is 0 Å². The Hall–Kier alpha value is -1.06. The van der Waals surface area contributed by atoms with Crippen LogP contribution in [0.15, 0.2) is 0 Å². The summed E-state index contributed by atoms with van der Waals surface area (Å²) in [7, 11) is 0. The van der Waals surface area contributed by atoms with Crippen molar-refractivity contribution in [2.24, 2.45) is 17.3 Å². The molecule has 1 fully saturated rings. The second-order valence-corrected chi connectivity index (χ2v) is 5.60. The smallest absolute Gasteiger partial charge is 0.326 e. The molecule has 0 aromatic carbocycles. The Kier molecular flexibility index (Phi) is 4.08. The highest BCUT2D eigenvalue weighted by Gasteiger charge is 2.59. The van der Waals surface area contributed by atoms with Crippen molar-refractivity contribution < 1.29 is 19.1 Å². The van der Waals surface area contributed by atoms with Gasteiger partial charge in [-0.25, -0.2) is 0 Å². The highest BCUT2D eigenvalue weighted by Crippen LogP contribution is 2.43. The lowest BCUT2D eigenvalue weighted by Gasteiger charge is -2.47.